The van der Waals surface area contributed by atoms with E-state index in [0.29, 0.717) is 24.8 Å². The molecule has 0 aliphatic heterocycles. The first kappa shape index (κ1) is 34.7. The normalized spacial score (nSPS) is 13.8. The third kappa shape index (κ3) is 11.0. The summed E-state index contributed by atoms with van der Waals surface area (Å²) >= 11 is 0. The number of methoxy groups -OCH3 is 1. The zero-order valence-electron chi connectivity index (χ0n) is 25.2. The van der Waals surface area contributed by atoms with Crippen molar-refractivity contribution in [2.24, 2.45) is 11.7 Å². The van der Waals surface area contributed by atoms with Crippen LogP contribution in [0.4, 0.5) is 9.59 Å². The molecule has 40 heavy (non-hydrogen) atoms. The molecule has 1 aromatic rings. The first-order valence-electron chi connectivity index (χ1n) is 13.5. The molecule has 226 valence electrons. The van der Waals surface area contributed by atoms with Crippen molar-refractivity contribution in [3.63, 3.8) is 0 Å². The van der Waals surface area contributed by atoms with Crippen molar-refractivity contribution >= 4 is 24.2 Å². The zero-order chi connectivity index (χ0) is 30.7. The van der Waals surface area contributed by atoms with Crippen LogP contribution in [0.2, 0.25) is 0 Å². The Morgan fingerprint density at radius 2 is 1.40 bits per heavy atom. The fourth-order valence-electron chi connectivity index (χ4n) is 3.12. The lowest BCUT2D eigenvalue weighted by molar-refractivity contribution is -0.153. The van der Waals surface area contributed by atoms with Gasteiger partial charge < -0.3 is 34.2 Å². The lowest BCUT2D eigenvalue weighted by Crippen LogP contribution is -2.51. The number of carbonyl (C=O) groups excluding carboxylic acids is 4. The first-order valence-corrected chi connectivity index (χ1v) is 13.5. The molecule has 0 bridgehead atoms. The van der Waals surface area contributed by atoms with Crippen LogP contribution in [0.25, 0.3) is 0 Å². The van der Waals surface area contributed by atoms with Crippen LogP contribution in [-0.2, 0) is 35.0 Å². The lowest BCUT2D eigenvalue weighted by Gasteiger charge is -2.27. The molecule has 11 heteroatoms. The summed E-state index contributed by atoms with van der Waals surface area (Å²) in [7, 11) is 1.20. The lowest BCUT2D eigenvalue weighted by atomic mass is 9.88. The molecule has 0 spiro atoms. The molecule has 2 N–H and O–H groups in total. The molecular weight excluding hydrogens is 522 g/mol. The summed E-state index contributed by atoms with van der Waals surface area (Å²) in [5.41, 5.74) is 3.73. The first-order chi connectivity index (χ1) is 18.5. The monoisotopic (exact) mass is 567 g/mol. The summed E-state index contributed by atoms with van der Waals surface area (Å²) in [6.45, 7) is 14.1. The molecule has 1 aromatic carbocycles. The van der Waals surface area contributed by atoms with Gasteiger partial charge in [-0.15, -0.1) is 0 Å². The summed E-state index contributed by atoms with van der Waals surface area (Å²) in [5.74, 6) is -1.64. The minimum Gasteiger partial charge on any atom is -0.468 e. The predicted octanol–water partition coefficient (Wildman–Crippen LogP) is 5.49. The van der Waals surface area contributed by atoms with E-state index in [1.54, 1.807) is 40.7 Å². The summed E-state index contributed by atoms with van der Waals surface area (Å²) in [6, 6.07) is 4.35. The van der Waals surface area contributed by atoms with Gasteiger partial charge in [0.1, 0.15) is 16.7 Å². The van der Waals surface area contributed by atoms with E-state index in [9.17, 15) is 19.2 Å². The SMILES string of the molecule is CC[C@H](C)C(=O)OCCC(N)(Cc1ccc(OC(=O)OC(C)(C)CC)c(OC(=O)OC(C)(C)CC)c1)C(=O)OC. The van der Waals surface area contributed by atoms with Crippen LogP contribution in [0.5, 0.6) is 11.5 Å². The highest BCUT2D eigenvalue weighted by atomic mass is 16.8. The maximum Gasteiger partial charge on any atom is 0.514 e. The molecule has 0 heterocycles. The number of nitrogens with two attached hydrogens (primary N) is 1. The van der Waals surface area contributed by atoms with Gasteiger partial charge in [-0.05, 0) is 64.7 Å². The van der Waals surface area contributed by atoms with Gasteiger partial charge in [0.15, 0.2) is 11.5 Å². The van der Waals surface area contributed by atoms with Gasteiger partial charge in [0.05, 0.1) is 19.6 Å². The van der Waals surface area contributed by atoms with Gasteiger partial charge >= 0.3 is 24.2 Å². The Hall–Kier alpha value is -3.34. The molecule has 0 aliphatic rings. The maximum atomic E-state index is 12.7. The van der Waals surface area contributed by atoms with E-state index in [4.69, 9.17) is 34.2 Å². The summed E-state index contributed by atoms with van der Waals surface area (Å²) in [6.07, 6.45) is -0.413. The molecule has 0 fully saturated rings. The second-order valence-corrected chi connectivity index (χ2v) is 11.0. The summed E-state index contributed by atoms with van der Waals surface area (Å²) in [4.78, 5) is 49.7. The van der Waals surface area contributed by atoms with Crippen molar-refractivity contribution in [2.45, 2.75) is 104 Å². The van der Waals surface area contributed by atoms with Crippen LogP contribution in [0.3, 0.4) is 0 Å². The average molecular weight is 568 g/mol. The van der Waals surface area contributed by atoms with Gasteiger partial charge in [0, 0.05) is 12.8 Å². The Morgan fingerprint density at radius 3 is 1.88 bits per heavy atom. The number of ether oxygens (including phenoxy) is 6. The Bertz CT molecular complexity index is 1040. The van der Waals surface area contributed by atoms with E-state index in [1.165, 1.54) is 19.2 Å². The van der Waals surface area contributed by atoms with Gasteiger partial charge in [-0.2, -0.15) is 0 Å². The molecular formula is C29H45NO10. The van der Waals surface area contributed by atoms with Gasteiger partial charge in [-0.25, -0.2) is 9.59 Å². The van der Waals surface area contributed by atoms with Crippen molar-refractivity contribution in [2.75, 3.05) is 13.7 Å². The molecule has 0 radical (unpaired) electrons. The Balaban J connectivity index is 3.28. The third-order valence-electron chi connectivity index (χ3n) is 6.74. The second kappa shape index (κ2) is 14.9. The Labute approximate surface area is 236 Å². The van der Waals surface area contributed by atoms with Crippen LogP contribution in [0.15, 0.2) is 18.2 Å². The molecule has 0 saturated carbocycles. The molecule has 0 saturated heterocycles. The average Bonchev–Trinajstić information content (AvgIpc) is 2.88. The van der Waals surface area contributed by atoms with Crippen molar-refractivity contribution in [1.82, 2.24) is 0 Å². The number of benzene rings is 1. The van der Waals surface area contributed by atoms with E-state index in [1.807, 2.05) is 20.8 Å². The van der Waals surface area contributed by atoms with E-state index in [0.717, 1.165) is 0 Å². The summed E-state index contributed by atoms with van der Waals surface area (Å²) < 4.78 is 31.7. The van der Waals surface area contributed by atoms with Crippen LogP contribution in [-0.4, -0.2) is 54.7 Å². The van der Waals surface area contributed by atoms with Gasteiger partial charge in [-0.1, -0.05) is 33.8 Å². The molecule has 1 rings (SSSR count). The predicted molar refractivity (Wildman–Crippen MR) is 147 cm³/mol. The van der Waals surface area contributed by atoms with E-state index < -0.39 is 41.0 Å². The minimum absolute atomic E-state index is 0.0263. The fraction of sp³-hybridized carbons (Fsp3) is 0.655. The molecule has 0 amide bonds. The summed E-state index contributed by atoms with van der Waals surface area (Å²) in [5, 5.41) is 0. The van der Waals surface area contributed by atoms with Crippen molar-refractivity contribution in [3.8, 4) is 11.5 Å². The van der Waals surface area contributed by atoms with Crippen molar-refractivity contribution < 1.29 is 47.6 Å². The number of carbonyl (C=O) groups is 4. The number of esters is 2. The zero-order valence-corrected chi connectivity index (χ0v) is 25.2. The third-order valence-corrected chi connectivity index (χ3v) is 6.74. The number of rotatable bonds is 14. The van der Waals surface area contributed by atoms with Crippen LogP contribution < -0.4 is 15.2 Å². The second-order valence-electron chi connectivity index (χ2n) is 11.0. The number of hydrogen-bond donors (Lipinski definition) is 1. The fourth-order valence-corrected chi connectivity index (χ4v) is 3.12. The largest absolute Gasteiger partial charge is 0.514 e. The van der Waals surface area contributed by atoms with Crippen molar-refractivity contribution in [1.29, 1.82) is 0 Å². The van der Waals surface area contributed by atoms with E-state index in [-0.39, 0.29) is 36.9 Å². The highest BCUT2D eigenvalue weighted by molar-refractivity contribution is 5.81. The van der Waals surface area contributed by atoms with Gasteiger partial charge in [0.25, 0.3) is 0 Å². The number of hydrogen-bond acceptors (Lipinski definition) is 11. The quantitative estimate of drug-likeness (QED) is 0.173. The van der Waals surface area contributed by atoms with Gasteiger partial charge in [0.2, 0.25) is 0 Å². The van der Waals surface area contributed by atoms with Crippen LogP contribution in [0, 0.1) is 5.92 Å². The molecule has 1 unspecified atom stereocenters. The highest BCUT2D eigenvalue weighted by Crippen LogP contribution is 2.32. The van der Waals surface area contributed by atoms with Crippen LogP contribution in [0.1, 0.15) is 86.6 Å². The van der Waals surface area contributed by atoms with E-state index in [2.05, 4.69) is 0 Å². The minimum atomic E-state index is -1.57. The van der Waals surface area contributed by atoms with Crippen LogP contribution >= 0.6 is 0 Å². The smallest absolute Gasteiger partial charge is 0.468 e. The molecule has 2 atom stereocenters. The Kier molecular flexibility index (Phi) is 12.9. The maximum absolute atomic E-state index is 12.7. The van der Waals surface area contributed by atoms with E-state index >= 15 is 0 Å². The molecule has 11 nitrogen and oxygen atoms in total. The Morgan fingerprint density at radius 1 is 0.875 bits per heavy atom. The standard InChI is InChI=1S/C29H45NO10/c1-10-19(4)23(31)36-16-15-29(30,24(32)35-9)18-20-13-14-21(37-25(33)39-27(5,6)11-2)22(17-20)38-26(34)40-28(7,8)12-3/h13-14,17,19H,10-12,15-16,18,30H2,1-9H3/t19-,29?/m0/s1. The molecule has 0 aliphatic carbocycles. The van der Waals surface area contributed by atoms with Crippen molar-refractivity contribution in [3.05, 3.63) is 23.8 Å². The highest BCUT2D eigenvalue weighted by Gasteiger charge is 2.36. The molecule has 0 aromatic heterocycles. The topological polar surface area (TPSA) is 150 Å². The van der Waals surface area contributed by atoms with Gasteiger partial charge in [-0.3, -0.25) is 9.59 Å².